The molecule has 1 aromatic heterocycles. The van der Waals surface area contributed by atoms with Gasteiger partial charge in [0.05, 0.1) is 23.4 Å². The minimum atomic E-state index is -0.967. The van der Waals surface area contributed by atoms with Gasteiger partial charge in [0.2, 0.25) is 0 Å². The summed E-state index contributed by atoms with van der Waals surface area (Å²) in [6, 6.07) is 3.98. The van der Waals surface area contributed by atoms with Gasteiger partial charge in [0.25, 0.3) is 0 Å². The maximum absolute atomic E-state index is 12.1. The summed E-state index contributed by atoms with van der Waals surface area (Å²) < 4.78 is 7.15. The fourth-order valence-corrected chi connectivity index (χ4v) is 8.58. The van der Waals surface area contributed by atoms with E-state index in [2.05, 4.69) is 24.1 Å². The summed E-state index contributed by atoms with van der Waals surface area (Å²) in [6.07, 6.45) is 9.73. The molecule has 2 aliphatic heterocycles. The van der Waals surface area contributed by atoms with Gasteiger partial charge in [0, 0.05) is 30.3 Å². The monoisotopic (exact) mass is 440 g/mol. The molecule has 3 aliphatic carbocycles. The number of rotatable bonds is 2. The Morgan fingerprint density at radius 1 is 1.09 bits per heavy atom. The SMILES string of the molecule is CN(C)C1CC23CCC4(O2)C2CC=C(c5cccnc5)C2(C)CCC4(O)CC3C(O)C1O. The number of fused-ring (bicyclic) bond motifs is 1. The van der Waals surface area contributed by atoms with Gasteiger partial charge in [-0.15, -0.1) is 0 Å². The van der Waals surface area contributed by atoms with Crippen LogP contribution in [0.4, 0.5) is 0 Å². The molecular formula is C26H36N2O4. The van der Waals surface area contributed by atoms with Crippen LogP contribution in [0.2, 0.25) is 0 Å². The molecular weight excluding hydrogens is 404 g/mol. The first kappa shape index (κ1) is 21.2. The number of aliphatic hydroxyl groups is 3. The molecule has 1 aromatic rings. The number of aliphatic hydroxyl groups excluding tert-OH is 2. The fourth-order valence-electron chi connectivity index (χ4n) is 8.58. The maximum Gasteiger partial charge on any atom is 0.102 e. The lowest BCUT2D eigenvalue weighted by atomic mass is 9.51. The lowest BCUT2D eigenvalue weighted by molar-refractivity contribution is -0.331. The van der Waals surface area contributed by atoms with Crippen LogP contribution in [0.25, 0.3) is 5.57 Å². The number of hydrogen-bond acceptors (Lipinski definition) is 6. The summed E-state index contributed by atoms with van der Waals surface area (Å²) in [4.78, 5) is 6.36. The van der Waals surface area contributed by atoms with Gasteiger partial charge in [0.1, 0.15) is 5.60 Å². The second-order valence-corrected chi connectivity index (χ2v) is 11.7. The van der Waals surface area contributed by atoms with Gasteiger partial charge in [-0.2, -0.15) is 0 Å². The third-order valence-corrected chi connectivity index (χ3v) is 10.2. The summed E-state index contributed by atoms with van der Waals surface area (Å²) in [5, 5.41) is 34.1. The largest absolute Gasteiger partial charge is 0.390 e. The van der Waals surface area contributed by atoms with E-state index in [0.717, 1.165) is 25.7 Å². The Balaban J connectivity index is 1.40. The Morgan fingerprint density at radius 3 is 2.62 bits per heavy atom. The Bertz CT molecular complexity index is 952. The zero-order valence-electron chi connectivity index (χ0n) is 19.4. The summed E-state index contributed by atoms with van der Waals surface area (Å²) >= 11 is 0. The normalized spacial score (nSPS) is 51.7. The van der Waals surface area contributed by atoms with Crippen LogP contribution in [-0.2, 0) is 4.74 Å². The minimum Gasteiger partial charge on any atom is -0.390 e. The molecule has 3 heterocycles. The second kappa shape index (κ2) is 6.63. The van der Waals surface area contributed by atoms with Gasteiger partial charge >= 0.3 is 0 Å². The maximum atomic E-state index is 12.1. The molecule has 6 heteroatoms. The van der Waals surface area contributed by atoms with Crippen LogP contribution < -0.4 is 0 Å². The van der Waals surface area contributed by atoms with E-state index in [1.165, 1.54) is 11.1 Å². The number of hydrogen-bond donors (Lipinski definition) is 3. The highest BCUT2D eigenvalue weighted by molar-refractivity contribution is 5.73. The minimum absolute atomic E-state index is 0.0681. The summed E-state index contributed by atoms with van der Waals surface area (Å²) in [7, 11) is 3.92. The Kier molecular flexibility index (Phi) is 4.40. The molecule has 6 nitrogen and oxygen atoms in total. The lowest BCUT2D eigenvalue weighted by Gasteiger charge is -2.65. The molecule has 9 atom stereocenters. The van der Waals surface area contributed by atoms with Crippen molar-refractivity contribution in [3.05, 3.63) is 36.2 Å². The first-order chi connectivity index (χ1) is 15.2. The molecule has 2 saturated carbocycles. The average molecular weight is 441 g/mol. The van der Waals surface area contributed by atoms with Crippen molar-refractivity contribution in [3.8, 4) is 0 Å². The molecule has 32 heavy (non-hydrogen) atoms. The highest BCUT2D eigenvalue weighted by Gasteiger charge is 2.76. The van der Waals surface area contributed by atoms with E-state index in [9.17, 15) is 15.3 Å². The molecule has 0 radical (unpaired) electrons. The predicted octanol–water partition coefficient (Wildman–Crippen LogP) is 2.38. The third-order valence-electron chi connectivity index (χ3n) is 10.2. The van der Waals surface area contributed by atoms with Crippen molar-refractivity contribution >= 4 is 5.57 Å². The van der Waals surface area contributed by atoms with E-state index in [-0.39, 0.29) is 23.3 Å². The first-order valence-corrected chi connectivity index (χ1v) is 12.2. The van der Waals surface area contributed by atoms with Crippen LogP contribution in [0.3, 0.4) is 0 Å². The molecule has 0 aromatic carbocycles. The second-order valence-electron chi connectivity index (χ2n) is 11.7. The van der Waals surface area contributed by atoms with Crippen LogP contribution in [0.5, 0.6) is 0 Å². The van der Waals surface area contributed by atoms with Crippen molar-refractivity contribution in [1.29, 1.82) is 0 Å². The molecule has 174 valence electrons. The summed E-state index contributed by atoms with van der Waals surface area (Å²) in [5.74, 6) is -0.0306. The lowest BCUT2D eigenvalue weighted by Crippen LogP contribution is -2.73. The summed E-state index contributed by atoms with van der Waals surface area (Å²) in [5.41, 5.74) is 0.395. The van der Waals surface area contributed by atoms with Crippen LogP contribution in [0.1, 0.15) is 57.4 Å². The average Bonchev–Trinajstić information content (AvgIpc) is 3.30. The third kappa shape index (κ3) is 2.45. The molecule has 2 bridgehead atoms. The number of aromatic nitrogens is 1. The van der Waals surface area contributed by atoms with Crippen molar-refractivity contribution in [2.45, 2.75) is 86.9 Å². The molecule has 4 fully saturated rings. The van der Waals surface area contributed by atoms with E-state index >= 15 is 0 Å². The summed E-state index contributed by atoms with van der Waals surface area (Å²) in [6.45, 7) is 2.35. The van der Waals surface area contributed by atoms with Gasteiger partial charge in [-0.25, -0.2) is 0 Å². The first-order valence-electron chi connectivity index (χ1n) is 12.2. The van der Waals surface area contributed by atoms with Crippen molar-refractivity contribution in [2.75, 3.05) is 14.1 Å². The fraction of sp³-hybridized carbons (Fsp3) is 0.731. The van der Waals surface area contributed by atoms with E-state index in [4.69, 9.17) is 4.74 Å². The van der Waals surface area contributed by atoms with Gasteiger partial charge in [-0.1, -0.05) is 19.1 Å². The molecule has 3 N–H and O–H groups in total. The van der Waals surface area contributed by atoms with Crippen LogP contribution >= 0.6 is 0 Å². The number of allylic oxidation sites excluding steroid dienone is 2. The van der Waals surface area contributed by atoms with E-state index in [1.54, 1.807) is 0 Å². The number of likely N-dealkylation sites (N-methyl/N-ethyl adjacent to an activating group) is 1. The smallest absolute Gasteiger partial charge is 0.102 e. The predicted molar refractivity (Wildman–Crippen MR) is 121 cm³/mol. The highest BCUT2D eigenvalue weighted by Crippen LogP contribution is 2.71. The van der Waals surface area contributed by atoms with Gasteiger partial charge in [-0.3, -0.25) is 4.98 Å². The van der Waals surface area contributed by atoms with Crippen molar-refractivity contribution in [1.82, 2.24) is 9.88 Å². The highest BCUT2D eigenvalue weighted by atomic mass is 16.6. The van der Waals surface area contributed by atoms with Crippen molar-refractivity contribution in [3.63, 3.8) is 0 Å². The van der Waals surface area contributed by atoms with Crippen molar-refractivity contribution in [2.24, 2.45) is 17.3 Å². The van der Waals surface area contributed by atoms with Crippen LogP contribution in [-0.4, -0.2) is 74.4 Å². The Labute approximate surface area is 190 Å². The molecule has 2 saturated heterocycles. The molecule has 0 amide bonds. The van der Waals surface area contributed by atoms with Gasteiger partial charge in [0.15, 0.2) is 0 Å². The quantitative estimate of drug-likeness (QED) is 0.655. The molecule has 9 unspecified atom stereocenters. The Hall–Kier alpha value is -1.31. The standard InChI is InChI=1S/C26H36N2O4/c1-23-8-10-25(31)13-18-21(29)22(30)19(28(2)3)14-24(18)9-11-26(25,32-24)20(23)7-6-17(23)16-5-4-12-27-15-16/h4-6,12,15,18-22,29-31H,7-11,13-14H2,1-3H3. The Morgan fingerprint density at radius 2 is 1.91 bits per heavy atom. The molecule has 2 spiro atoms. The zero-order chi connectivity index (χ0) is 22.5. The van der Waals surface area contributed by atoms with Crippen LogP contribution in [0.15, 0.2) is 30.6 Å². The zero-order valence-corrected chi connectivity index (χ0v) is 19.4. The topological polar surface area (TPSA) is 86.1 Å². The van der Waals surface area contributed by atoms with Crippen molar-refractivity contribution < 1.29 is 20.1 Å². The number of ether oxygens (including phenoxy) is 1. The molecule has 5 aliphatic rings. The van der Waals surface area contributed by atoms with Gasteiger partial charge < -0.3 is 25.0 Å². The van der Waals surface area contributed by atoms with E-state index in [1.807, 2.05) is 37.5 Å². The van der Waals surface area contributed by atoms with E-state index < -0.39 is 29.0 Å². The number of pyridine rings is 1. The van der Waals surface area contributed by atoms with Gasteiger partial charge in [-0.05, 0) is 81.7 Å². The van der Waals surface area contributed by atoms with Crippen LogP contribution in [0, 0.1) is 17.3 Å². The number of nitrogens with zero attached hydrogens (tertiary/aromatic N) is 2. The van der Waals surface area contributed by atoms with E-state index in [0.29, 0.717) is 19.3 Å². The molecule has 6 rings (SSSR count).